The van der Waals surface area contributed by atoms with Gasteiger partial charge in [-0.15, -0.1) is 0 Å². The zero-order valence-corrected chi connectivity index (χ0v) is 16.2. The number of nitrogens with two attached hydrogens (primary N) is 1. The third kappa shape index (κ3) is 4.59. The third-order valence-corrected chi connectivity index (χ3v) is 6.20. The molecule has 2 fully saturated rings. The fraction of sp³-hybridized carbons (Fsp3) is 0.600. The average Bonchev–Trinajstić information content (AvgIpc) is 2.69. The van der Waals surface area contributed by atoms with E-state index in [0.717, 1.165) is 50.5 Å². The van der Waals surface area contributed by atoms with E-state index in [9.17, 15) is 9.59 Å². The number of amides is 2. The first-order valence-electron chi connectivity index (χ1n) is 9.96. The van der Waals surface area contributed by atoms with Crippen LogP contribution in [0.2, 0.25) is 0 Å². The number of nitrogens with one attached hydrogen (secondary N) is 3. The van der Waals surface area contributed by atoms with Crippen LogP contribution in [0.4, 0.5) is 5.69 Å². The van der Waals surface area contributed by atoms with E-state index < -0.39 is 5.54 Å². The lowest BCUT2D eigenvalue weighted by Crippen LogP contribution is -3.26. The van der Waals surface area contributed by atoms with Crippen LogP contribution >= 0.6 is 0 Å². The lowest BCUT2D eigenvalue weighted by molar-refractivity contribution is -0.972. The topological polar surface area (TPSA) is 90.3 Å². The van der Waals surface area contributed by atoms with E-state index in [-0.39, 0.29) is 11.8 Å². The Balaban J connectivity index is 1.53. The Kier molecular flexibility index (Phi) is 6.34. The second kappa shape index (κ2) is 8.71. The van der Waals surface area contributed by atoms with Crippen LogP contribution in [0.25, 0.3) is 0 Å². The number of hydrogen-bond donors (Lipinski definition) is 4. The van der Waals surface area contributed by atoms with E-state index in [4.69, 9.17) is 10.5 Å². The normalized spacial score (nSPS) is 26.3. The standard InChI is InChI=1S/C20H30N4O3/c1-27-17-7-5-16(6-8-17)22-18(25)15-23-13-9-20(10-14-23,19(21)26)24-11-3-2-4-12-24/h5-8H,2-4,9-15H2,1H3,(H2,21,26)(H,22,25)/p+2. The highest BCUT2D eigenvalue weighted by Crippen LogP contribution is 2.16. The predicted molar refractivity (Wildman–Crippen MR) is 103 cm³/mol. The molecule has 3 rings (SSSR count). The molecule has 2 amide bonds. The summed E-state index contributed by atoms with van der Waals surface area (Å²) < 4.78 is 5.13. The molecular formula is C20H32N4O3+2. The van der Waals surface area contributed by atoms with E-state index in [1.165, 1.54) is 29.1 Å². The van der Waals surface area contributed by atoms with Crippen LogP contribution in [0, 0.1) is 0 Å². The Hall–Kier alpha value is -2.12. The van der Waals surface area contributed by atoms with Gasteiger partial charge in [0, 0.05) is 5.69 Å². The number of primary amides is 1. The molecule has 1 aromatic carbocycles. The molecule has 2 aliphatic heterocycles. The van der Waals surface area contributed by atoms with Crippen molar-refractivity contribution < 1.29 is 24.1 Å². The largest absolute Gasteiger partial charge is 0.497 e. The average molecular weight is 377 g/mol. The van der Waals surface area contributed by atoms with Crippen molar-refractivity contribution in [1.82, 2.24) is 0 Å². The fourth-order valence-corrected chi connectivity index (χ4v) is 4.54. The summed E-state index contributed by atoms with van der Waals surface area (Å²) in [7, 11) is 1.62. The second-order valence-electron chi connectivity index (χ2n) is 7.81. The molecule has 27 heavy (non-hydrogen) atoms. The molecule has 7 nitrogen and oxygen atoms in total. The number of hydrogen-bond acceptors (Lipinski definition) is 3. The molecule has 1 aromatic rings. The lowest BCUT2D eigenvalue weighted by atomic mass is 9.83. The van der Waals surface area contributed by atoms with Crippen LogP contribution in [0.5, 0.6) is 5.75 Å². The number of quaternary nitrogens is 2. The number of methoxy groups -OCH3 is 1. The monoisotopic (exact) mass is 376 g/mol. The van der Waals surface area contributed by atoms with Crippen LogP contribution in [-0.2, 0) is 9.59 Å². The molecule has 0 radical (unpaired) electrons. The van der Waals surface area contributed by atoms with Gasteiger partial charge < -0.3 is 25.6 Å². The van der Waals surface area contributed by atoms with Gasteiger partial charge >= 0.3 is 0 Å². The summed E-state index contributed by atoms with van der Waals surface area (Å²) >= 11 is 0. The summed E-state index contributed by atoms with van der Waals surface area (Å²) in [6.07, 6.45) is 5.13. The van der Waals surface area contributed by atoms with Gasteiger partial charge in [-0.25, -0.2) is 0 Å². The van der Waals surface area contributed by atoms with Crippen molar-refractivity contribution in [2.75, 3.05) is 45.2 Å². The molecule has 0 spiro atoms. The SMILES string of the molecule is COc1ccc(NC(=O)C[NH+]2CCC(C(N)=O)([NH+]3CCCCC3)CC2)cc1. The van der Waals surface area contributed by atoms with E-state index in [1.54, 1.807) is 7.11 Å². The van der Waals surface area contributed by atoms with Gasteiger partial charge in [-0.05, 0) is 43.5 Å². The first-order chi connectivity index (χ1) is 13.0. The molecule has 5 N–H and O–H groups in total. The minimum absolute atomic E-state index is 0.00735. The van der Waals surface area contributed by atoms with Gasteiger partial charge in [0.1, 0.15) is 5.75 Å². The van der Waals surface area contributed by atoms with Gasteiger partial charge in [0.2, 0.25) is 0 Å². The minimum atomic E-state index is -0.434. The number of ether oxygens (including phenoxy) is 1. The Bertz CT molecular complexity index is 648. The Morgan fingerprint density at radius 3 is 2.26 bits per heavy atom. The molecule has 0 unspecified atom stereocenters. The summed E-state index contributed by atoms with van der Waals surface area (Å²) in [5.41, 5.74) is 6.18. The molecule has 0 saturated carbocycles. The first-order valence-corrected chi connectivity index (χ1v) is 9.96. The van der Waals surface area contributed by atoms with E-state index in [1.807, 2.05) is 24.3 Å². The molecule has 2 aliphatic rings. The zero-order chi connectivity index (χ0) is 19.3. The van der Waals surface area contributed by atoms with Gasteiger partial charge in [0.15, 0.2) is 12.1 Å². The molecule has 148 valence electrons. The van der Waals surface area contributed by atoms with Crippen LogP contribution in [0.1, 0.15) is 32.1 Å². The number of rotatable bonds is 6. The zero-order valence-electron chi connectivity index (χ0n) is 16.2. The van der Waals surface area contributed by atoms with Gasteiger partial charge in [-0.3, -0.25) is 9.59 Å². The second-order valence-corrected chi connectivity index (χ2v) is 7.81. The summed E-state index contributed by atoms with van der Waals surface area (Å²) in [6.45, 7) is 4.10. The predicted octanol–water partition coefficient (Wildman–Crippen LogP) is -1.39. The van der Waals surface area contributed by atoms with E-state index >= 15 is 0 Å². The number of carbonyl (C=O) groups excluding carboxylic acids is 2. The maximum atomic E-state index is 12.4. The first kappa shape index (κ1) is 19.6. The van der Waals surface area contributed by atoms with Crippen LogP contribution in [0.3, 0.4) is 0 Å². The van der Waals surface area contributed by atoms with Crippen molar-refractivity contribution in [2.45, 2.75) is 37.6 Å². The number of carbonyl (C=O) groups is 2. The maximum Gasteiger partial charge on any atom is 0.279 e. The van der Waals surface area contributed by atoms with Crippen molar-refractivity contribution in [3.63, 3.8) is 0 Å². The molecule has 0 aliphatic carbocycles. The van der Waals surface area contributed by atoms with Crippen molar-refractivity contribution >= 4 is 17.5 Å². The van der Waals surface area contributed by atoms with Crippen LogP contribution in [-0.4, -0.2) is 57.2 Å². The molecule has 0 aromatic heterocycles. The van der Waals surface area contributed by atoms with Gasteiger partial charge in [-0.1, -0.05) is 0 Å². The van der Waals surface area contributed by atoms with Gasteiger partial charge in [-0.2, -0.15) is 0 Å². The van der Waals surface area contributed by atoms with Gasteiger partial charge in [0.25, 0.3) is 11.8 Å². The highest BCUT2D eigenvalue weighted by molar-refractivity contribution is 5.91. The maximum absolute atomic E-state index is 12.4. The van der Waals surface area contributed by atoms with Crippen molar-refractivity contribution in [3.8, 4) is 5.75 Å². The Labute approximate surface area is 160 Å². The number of likely N-dealkylation sites (tertiary alicyclic amines) is 2. The Morgan fingerprint density at radius 2 is 1.70 bits per heavy atom. The smallest absolute Gasteiger partial charge is 0.279 e. The molecule has 0 atom stereocenters. The van der Waals surface area contributed by atoms with E-state index in [0.29, 0.717) is 6.54 Å². The molecule has 2 saturated heterocycles. The minimum Gasteiger partial charge on any atom is -0.497 e. The summed E-state index contributed by atoms with van der Waals surface area (Å²) in [5, 5.41) is 2.94. The molecule has 7 heteroatoms. The molecule has 2 heterocycles. The molecular weight excluding hydrogens is 344 g/mol. The summed E-state index contributed by atoms with van der Waals surface area (Å²) in [5.74, 6) is 0.589. The molecule has 0 bridgehead atoms. The number of anilines is 1. The highest BCUT2D eigenvalue weighted by Gasteiger charge is 2.50. The van der Waals surface area contributed by atoms with Gasteiger partial charge in [0.05, 0.1) is 46.1 Å². The van der Waals surface area contributed by atoms with Crippen molar-refractivity contribution in [2.24, 2.45) is 5.73 Å². The lowest BCUT2D eigenvalue weighted by Gasteiger charge is -2.43. The summed E-state index contributed by atoms with van der Waals surface area (Å²) in [4.78, 5) is 27.3. The van der Waals surface area contributed by atoms with E-state index in [2.05, 4.69) is 5.32 Å². The number of piperidine rings is 2. The van der Waals surface area contributed by atoms with Crippen LogP contribution in [0.15, 0.2) is 24.3 Å². The van der Waals surface area contributed by atoms with Crippen LogP contribution < -0.4 is 25.6 Å². The number of benzene rings is 1. The van der Waals surface area contributed by atoms with Crippen molar-refractivity contribution in [3.05, 3.63) is 24.3 Å². The quantitative estimate of drug-likeness (QED) is 0.493. The fourth-order valence-electron chi connectivity index (χ4n) is 4.54. The Morgan fingerprint density at radius 1 is 1.07 bits per heavy atom. The highest BCUT2D eigenvalue weighted by atomic mass is 16.5. The van der Waals surface area contributed by atoms with Crippen molar-refractivity contribution in [1.29, 1.82) is 0 Å². The third-order valence-electron chi connectivity index (χ3n) is 6.20. The summed E-state index contributed by atoms with van der Waals surface area (Å²) in [6, 6.07) is 7.32.